The average Bonchev–Trinajstić information content (AvgIpc) is 2.83. The van der Waals surface area contributed by atoms with Crippen molar-refractivity contribution < 1.29 is 9.52 Å². The van der Waals surface area contributed by atoms with E-state index in [-0.39, 0.29) is 23.1 Å². The first-order valence-corrected chi connectivity index (χ1v) is 11.0. The molecule has 7 nitrogen and oxygen atoms in total. The van der Waals surface area contributed by atoms with Gasteiger partial charge in [0.05, 0.1) is 5.39 Å². The molecule has 0 fully saturated rings. The van der Waals surface area contributed by atoms with E-state index in [0.717, 1.165) is 21.2 Å². The molecule has 0 aliphatic rings. The fourth-order valence-corrected chi connectivity index (χ4v) is 4.11. The van der Waals surface area contributed by atoms with Gasteiger partial charge in [-0.25, -0.2) is 4.98 Å². The van der Waals surface area contributed by atoms with Gasteiger partial charge in [0.15, 0.2) is 11.6 Å². The van der Waals surface area contributed by atoms with E-state index >= 15 is 0 Å². The Balaban J connectivity index is 1.74. The van der Waals surface area contributed by atoms with Gasteiger partial charge in [-0.05, 0) is 55.8 Å². The van der Waals surface area contributed by atoms with Crippen LogP contribution in [0, 0.1) is 5.21 Å². The molecular weight excluding hydrogens is 428 g/mol. The second kappa shape index (κ2) is 8.44. The number of nitrogens with one attached hydrogen (secondary N) is 1. The molecule has 7 heteroatoms. The number of fused-ring (bicyclic) bond motifs is 2. The van der Waals surface area contributed by atoms with Crippen molar-refractivity contribution in [2.45, 2.75) is 19.9 Å². The van der Waals surface area contributed by atoms with E-state index in [1.54, 1.807) is 29.0 Å². The number of hydrogen-bond acceptors (Lipinski definition) is 4. The van der Waals surface area contributed by atoms with E-state index in [9.17, 15) is 14.8 Å². The monoisotopic (exact) mass is 450 g/mol. The molecule has 168 valence electrons. The summed E-state index contributed by atoms with van der Waals surface area (Å²) in [5.74, 6) is -0.367. The summed E-state index contributed by atoms with van der Waals surface area (Å²) >= 11 is 0. The molecule has 0 spiro atoms. The highest BCUT2D eigenvalue weighted by molar-refractivity contribution is 5.96. The van der Waals surface area contributed by atoms with Gasteiger partial charge in [-0.1, -0.05) is 24.3 Å². The van der Waals surface area contributed by atoms with Crippen molar-refractivity contribution >= 4 is 27.8 Å². The van der Waals surface area contributed by atoms with Crippen LogP contribution in [0.4, 0.5) is 0 Å². The van der Waals surface area contributed by atoms with Gasteiger partial charge in [0.1, 0.15) is 11.3 Å². The van der Waals surface area contributed by atoms with Gasteiger partial charge in [-0.3, -0.25) is 14.2 Å². The summed E-state index contributed by atoms with van der Waals surface area (Å²) in [4.78, 5) is 30.2. The third-order valence-electron chi connectivity index (χ3n) is 5.60. The highest BCUT2D eigenvalue weighted by atomic mass is 16.5. The molecule has 0 saturated heterocycles. The summed E-state index contributed by atoms with van der Waals surface area (Å²) < 4.78 is 2.54. The number of rotatable bonds is 4. The number of aromatic nitrogens is 3. The van der Waals surface area contributed by atoms with E-state index < -0.39 is 0 Å². The average molecular weight is 450 g/mol. The van der Waals surface area contributed by atoms with Crippen LogP contribution < -0.4 is 15.5 Å². The molecular formula is C27H22N4O3. The fourth-order valence-electron chi connectivity index (χ4n) is 4.11. The number of carbonyl (C=O) groups is 1. The summed E-state index contributed by atoms with van der Waals surface area (Å²) in [7, 11) is 0. The smallest absolute Gasteiger partial charge is 0.268 e. The van der Waals surface area contributed by atoms with Crippen LogP contribution in [0.25, 0.3) is 38.8 Å². The van der Waals surface area contributed by atoms with Crippen molar-refractivity contribution in [3.63, 3.8) is 0 Å². The van der Waals surface area contributed by atoms with Crippen LogP contribution in [0.5, 0.6) is 0 Å². The molecule has 0 bridgehead atoms. The van der Waals surface area contributed by atoms with Crippen molar-refractivity contribution in [2.24, 2.45) is 0 Å². The van der Waals surface area contributed by atoms with Crippen molar-refractivity contribution in [1.82, 2.24) is 14.9 Å². The molecule has 0 radical (unpaired) electrons. The van der Waals surface area contributed by atoms with Gasteiger partial charge in [-0.15, -0.1) is 0 Å². The second-order valence-corrected chi connectivity index (χ2v) is 8.40. The lowest BCUT2D eigenvalue weighted by Gasteiger charge is -2.18. The molecule has 3 heterocycles. The lowest BCUT2D eigenvalue weighted by molar-refractivity contribution is -0.576. The molecule has 3 aromatic heterocycles. The molecule has 2 aromatic carbocycles. The first-order chi connectivity index (χ1) is 16.4. The maximum Gasteiger partial charge on any atom is 0.268 e. The van der Waals surface area contributed by atoms with Gasteiger partial charge in [-0.2, -0.15) is 4.73 Å². The molecule has 0 aliphatic heterocycles. The van der Waals surface area contributed by atoms with Crippen LogP contribution in [-0.4, -0.2) is 21.5 Å². The number of para-hydroxylation sites is 1. The lowest BCUT2D eigenvalue weighted by Crippen LogP contribution is -2.33. The summed E-state index contributed by atoms with van der Waals surface area (Å²) in [6.07, 6.45) is 3.13. The molecule has 5 aromatic rings. The summed E-state index contributed by atoms with van der Waals surface area (Å²) in [5, 5.41) is 16.7. The predicted molar refractivity (Wildman–Crippen MR) is 132 cm³/mol. The Hall–Kier alpha value is -4.52. The summed E-state index contributed by atoms with van der Waals surface area (Å²) in [6, 6.07) is 21.5. The van der Waals surface area contributed by atoms with Gasteiger partial charge >= 0.3 is 0 Å². The maximum atomic E-state index is 13.0. The minimum atomic E-state index is -0.367. The normalized spacial score (nSPS) is 11.3. The molecule has 1 N–H and O–H groups in total. The zero-order valence-corrected chi connectivity index (χ0v) is 18.7. The Labute approximate surface area is 195 Å². The van der Waals surface area contributed by atoms with E-state index in [1.807, 2.05) is 62.4 Å². The fraction of sp³-hybridized carbons (Fsp3) is 0.111. The van der Waals surface area contributed by atoms with Gasteiger partial charge < -0.3 is 10.5 Å². The molecule has 0 unspecified atom stereocenters. The molecule has 34 heavy (non-hydrogen) atoms. The Morgan fingerprint density at radius 1 is 1.00 bits per heavy atom. The number of hydrogen-bond donors (Lipinski definition) is 1. The van der Waals surface area contributed by atoms with Crippen LogP contribution in [-0.2, 0) is 0 Å². The largest absolute Gasteiger partial charge is 0.618 e. The van der Waals surface area contributed by atoms with Crippen LogP contribution in [0.3, 0.4) is 0 Å². The number of pyridine rings is 3. The zero-order valence-electron chi connectivity index (χ0n) is 18.7. The van der Waals surface area contributed by atoms with E-state index in [2.05, 4.69) is 10.3 Å². The van der Waals surface area contributed by atoms with Gasteiger partial charge in [0, 0.05) is 41.0 Å². The standard InChI is InChI=1S/C27H22N4O3/c1-17(2)29-27(33)24-15-25(32)22-10-6-12-28-26(22)31(24)21-9-5-8-18(14-21)20-13-19-7-3-4-11-23(19)30(34)16-20/h3-17H,1-2H3,(H,29,33). The summed E-state index contributed by atoms with van der Waals surface area (Å²) in [6.45, 7) is 3.72. The van der Waals surface area contributed by atoms with E-state index in [0.29, 0.717) is 22.2 Å². The number of amides is 1. The third kappa shape index (κ3) is 3.77. The third-order valence-corrected chi connectivity index (χ3v) is 5.60. The van der Waals surface area contributed by atoms with Gasteiger partial charge in [0.2, 0.25) is 5.52 Å². The Kier molecular flexibility index (Phi) is 5.30. The van der Waals surface area contributed by atoms with Crippen molar-refractivity contribution in [3.8, 4) is 16.8 Å². The highest BCUT2D eigenvalue weighted by Crippen LogP contribution is 2.26. The first kappa shape index (κ1) is 21.3. The maximum absolute atomic E-state index is 13.0. The minimum absolute atomic E-state index is 0.105. The topological polar surface area (TPSA) is 90.9 Å². The summed E-state index contributed by atoms with van der Waals surface area (Å²) in [5.41, 5.74) is 3.09. The van der Waals surface area contributed by atoms with E-state index in [4.69, 9.17) is 0 Å². The van der Waals surface area contributed by atoms with Crippen LogP contribution in [0.15, 0.2) is 90.0 Å². The Morgan fingerprint density at radius 2 is 1.82 bits per heavy atom. The van der Waals surface area contributed by atoms with Crippen molar-refractivity contribution in [2.75, 3.05) is 0 Å². The van der Waals surface area contributed by atoms with Crippen molar-refractivity contribution in [3.05, 3.63) is 106 Å². The highest BCUT2D eigenvalue weighted by Gasteiger charge is 2.19. The molecule has 0 saturated carbocycles. The first-order valence-electron chi connectivity index (χ1n) is 11.0. The van der Waals surface area contributed by atoms with Crippen LogP contribution >= 0.6 is 0 Å². The number of benzene rings is 2. The Bertz CT molecular complexity index is 1620. The van der Waals surface area contributed by atoms with Crippen LogP contribution in [0.1, 0.15) is 24.3 Å². The van der Waals surface area contributed by atoms with Crippen molar-refractivity contribution in [1.29, 1.82) is 0 Å². The van der Waals surface area contributed by atoms with Gasteiger partial charge in [0.25, 0.3) is 5.91 Å². The lowest BCUT2D eigenvalue weighted by atomic mass is 10.0. The quantitative estimate of drug-likeness (QED) is 0.331. The minimum Gasteiger partial charge on any atom is -0.618 e. The van der Waals surface area contributed by atoms with Crippen LogP contribution in [0.2, 0.25) is 0 Å². The second-order valence-electron chi connectivity index (χ2n) is 8.40. The molecule has 0 aliphatic carbocycles. The molecule has 1 amide bonds. The SMILES string of the molecule is CC(C)NC(=O)c1cc(=O)c2cccnc2n1-c1cccc(-c2cc3ccccc3[n+]([O-])c2)c1. The molecule has 5 rings (SSSR count). The zero-order chi connectivity index (χ0) is 23.8. The number of carbonyl (C=O) groups excluding carboxylic acids is 1. The van der Waals surface area contributed by atoms with E-state index in [1.165, 1.54) is 12.3 Å². The Morgan fingerprint density at radius 3 is 2.65 bits per heavy atom. The predicted octanol–water partition coefficient (Wildman–Crippen LogP) is 3.98. The number of nitrogens with zero attached hydrogens (tertiary/aromatic N) is 3. The molecule has 0 atom stereocenters.